The lowest BCUT2D eigenvalue weighted by Gasteiger charge is -2.19. The first-order valence-electron chi connectivity index (χ1n) is 10.6. The number of sulfone groups is 1. The van der Waals surface area contributed by atoms with Crippen molar-refractivity contribution in [2.24, 2.45) is 7.05 Å². The Morgan fingerprint density at radius 1 is 1.08 bits per heavy atom. The molecule has 0 saturated carbocycles. The standard InChI is InChI=1S/C20H15F8N7O3S/c1-3-39(37,38)17-13(15-32-9-6-12(19(23,24)25)30-7-11(9)34(15)2)14-29-5-4-10(35(14)33-17)16(36)31-8-18(21,22)20(26,27)28/h4-7H,3,8H2,1-2H3,(H,31,36). The zero-order chi connectivity index (χ0) is 29.1. The SMILES string of the molecule is CCS(=O)(=O)c1nn2c(C(=O)NCC(F)(F)C(F)(F)F)ccnc2c1-c1nc2cc(C(F)(F)F)ncc2n1C. The van der Waals surface area contributed by atoms with Crippen LogP contribution in [0.1, 0.15) is 23.1 Å². The Bertz CT molecular complexity index is 1710. The van der Waals surface area contributed by atoms with E-state index in [1.807, 2.05) is 0 Å². The first kappa shape index (κ1) is 28.1. The zero-order valence-corrected chi connectivity index (χ0v) is 20.4. The molecule has 0 aromatic carbocycles. The summed E-state index contributed by atoms with van der Waals surface area (Å²) >= 11 is 0. The Hall–Kier alpha value is -3.90. The number of nitrogens with zero attached hydrogens (tertiary/aromatic N) is 6. The van der Waals surface area contributed by atoms with Gasteiger partial charge in [0, 0.05) is 13.2 Å². The molecule has 39 heavy (non-hydrogen) atoms. The lowest BCUT2D eigenvalue weighted by atomic mass is 10.3. The highest BCUT2D eigenvalue weighted by molar-refractivity contribution is 7.91. The molecule has 0 fully saturated rings. The van der Waals surface area contributed by atoms with Crippen LogP contribution in [-0.4, -0.2) is 67.9 Å². The molecule has 210 valence electrons. The average molecular weight is 585 g/mol. The second-order valence-corrected chi connectivity index (χ2v) is 10.3. The lowest BCUT2D eigenvalue weighted by molar-refractivity contribution is -0.278. The topological polar surface area (TPSA) is 124 Å². The molecule has 4 aromatic rings. The Morgan fingerprint density at radius 3 is 2.33 bits per heavy atom. The fourth-order valence-corrected chi connectivity index (χ4v) is 4.47. The fraction of sp³-hybridized carbons (Fsp3) is 0.350. The number of halogens is 8. The minimum absolute atomic E-state index is 0.0560. The maximum absolute atomic E-state index is 13.3. The van der Waals surface area contributed by atoms with Gasteiger partial charge in [-0.25, -0.2) is 27.9 Å². The van der Waals surface area contributed by atoms with E-state index < -0.39 is 62.7 Å². The number of pyridine rings is 1. The summed E-state index contributed by atoms with van der Waals surface area (Å²) in [5.41, 5.74) is -2.83. The Labute approximate surface area is 212 Å². The summed E-state index contributed by atoms with van der Waals surface area (Å²) in [6, 6.07) is 1.52. The van der Waals surface area contributed by atoms with Gasteiger partial charge < -0.3 is 9.88 Å². The van der Waals surface area contributed by atoms with Gasteiger partial charge in [-0.1, -0.05) is 6.92 Å². The second kappa shape index (κ2) is 9.09. The van der Waals surface area contributed by atoms with Gasteiger partial charge in [-0.3, -0.25) is 4.79 Å². The van der Waals surface area contributed by atoms with Crippen molar-refractivity contribution in [2.75, 3.05) is 12.3 Å². The summed E-state index contributed by atoms with van der Waals surface area (Å²) in [7, 11) is -2.91. The van der Waals surface area contributed by atoms with Crippen LogP contribution in [0.2, 0.25) is 0 Å². The summed E-state index contributed by atoms with van der Waals surface area (Å²) < 4.78 is 131. The minimum Gasteiger partial charge on any atom is -0.344 e. The number of hydrogen-bond acceptors (Lipinski definition) is 7. The summed E-state index contributed by atoms with van der Waals surface area (Å²) in [6.45, 7) is -0.871. The monoisotopic (exact) mass is 585 g/mol. The number of aromatic nitrogens is 6. The van der Waals surface area contributed by atoms with Crippen molar-refractivity contribution >= 4 is 32.4 Å². The van der Waals surface area contributed by atoms with E-state index in [4.69, 9.17) is 0 Å². The van der Waals surface area contributed by atoms with Crippen LogP contribution in [0.3, 0.4) is 0 Å². The molecule has 0 aliphatic rings. The second-order valence-electron chi connectivity index (χ2n) is 8.08. The normalized spacial score (nSPS) is 13.4. The third-order valence-electron chi connectivity index (χ3n) is 5.56. The number of aryl methyl sites for hydroxylation is 1. The molecule has 0 unspecified atom stereocenters. The van der Waals surface area contributed by atoms with E-state index in [9.17, 15) is 48.3 Å². The van der Waals surface area contributed by atoms with E-state index in [0.29, 0.717) is 10.6 Å². The van der Waals surface area contributed by atoms with Crippen molar-refractivity contribution in [3.63, 3.8) is 0 Å². The summed E-state index contributed by atoms with van der Waals surface area (Å²) in [4.78, 5) is 24.0. The van der Waals surface area contributed by atoms with Gasteiger partial charge in [-0.15, -0.1) is 0 Å². The van der Waals surface area contributed by atoms with Crippen LogP contribution in [0.15, 0.2) is 29.6 Å². The predicted octanol–water partition coefficient (Wildman–Crippen LogP) is 3.42. The number of rotatable bonds is 6. The number of hydrogen-bond donors (Lipinski definition) is 1. The molecule has 19 heteroatoms. The molecule has 0 bridgehead atoms. The van der Waals surface area contributed by atoms with Crippen molar-refractivity contribution in [3.05, 3.63) is 35.9 Å². The van der Waals surface area contributed by atoms with Gasteiger partial charge in [0.2, 0.25) is 0 Å². The molecule has 4 aromatic heterocycles. The van der Waals surface area contributed by atoms with Crippen molar-refractivity contribution in [3.8, 4) is 11.4 Å². The van der Waals surface area contributed by atoms with E-state index in [1.54, 1.807) is 0 Å². The van der Waals surface area contributed by atoms with E-state index >= 15 is 0 Å². The van der Waals surface area contributed by atoms with Crippen molar-refractivity contribution in [1.82, 2.24) is 34.4 Å². The molecular weight excluding hydrogens is 570 g/mol. The van der Waals surface area contributed by atoms with Gasteiger partial charge in [-0.05, 0) is 12.1 Å². The minimum atomic E-state index is -5.95. The predicted molar refractivity (Wildman–Crippen MR) is 117 cm³/mol. The van der Waals surface area contributed by atoms with E-state index in [-0.39, 0.29) is 28.1 Å². The van der Waals surface area contributed by atoms with E-state index in [2.05, 4.69) is 20.1 Å². The number of alkyl halides is 8. The number of carbonyl (C=O) groups excluding carboxylic acids is 1. The lowest BCUT2D eigenvalue weighted by Crippen LogP contribution is -2.47. The maximum atomic E-state index is 13.3. The molecule has 0 saturated heterocycles. The molecule has 4 heterocycles. The highest BCUT2D eigenvalue weighted by Crippen LogP contribution is 2.36. The first-order valence-corrected chi connectivity index (χ1v) is 12.3. The number of amides is 1. The van der Waals surface area contributed by atoms with Gasteiger partial charge in [0.1, 0.15) is 22.8 Å². The Morgan fingerprint density at radius 2 is 1.74 bits per heavy atom. The van der Waals surface area contributed by atoms with Crippen molar-refractivity contribution in [1.29, 1.82) is 0 Å². The summed E-state index contributed by atoms with van der Waals surface area (Å²) in [5.74, 6) is -7.52. The fourth-order valence-electron chi connectivity index (χ4n) is 3.50. The average Bonchev–Trinajstić information content (AvgIpc) is 3.39. The summed E-state index contributed by atoms with van der Waals surface area (Å²) in [5, 5.41) is 4.58. The molecule has 0 radical (unpaired) electrons. The third kappa shape index (κ3) is 4.85. The highest BCUT2D eigenvalue weighted by atomic mass is 32.2. The Kier molecular flexibility index (Phi) is 6.56. The van der Waals surface area contributed by atoms with Crippen LogP contribution in [0, 0.1) is 0 Å². The van der Waals surface area contributed by atoms with Gasteiger partial charge in [0.05, 0.1) is 29.5 Å². The quantitative estimate of drug-likeness (QED) is 0.344. The first-order chi connectivity index (χ1) is 17.9. The van der Waals surface area contributed by atoms with Crippen LogP contribution in [0.25, 0.3) is 28.1 Å². The van der Waals surface area contributed by atoms with Crippen LogP contribution < -0.4 is 5.32 Å². The molecular formula is C20H15F8N7O3S. The number of nitrogens with one attached hydrogen (secondary N) is 1. The van der Waals surface area contributed by atoms with E-state index in [0.717, 1.165) is 18.5 Å². The number of imidazole rings is 1. The van der Waals surface area contributed by atoms with Gasteiger partial charge in [0.15, 0.2) is 20.5 Å². The molecule has 0 aliphatic heterocycles. The smallest absolute Gasteiger partial charge is 0.344 e. The Balaban J connectivity index is 1.92. The largest absolute Gasteiger partial charge is 0.455 e. The number of carbonyl (C=O) groups is 1. The zero-order valence-electron chi connectivity index (χ0n) is 19.6. The molecule has 0 spiro atoms. The van der Waals surface area contributed by atoms with Crippen LogP contribution in [-0.2, 0) is 23.1 Å². The maximum Gasteiger partial charge on any atom is 0.455 e. The van der Waals surface area contributed by atoms with Crippen LogP contribution in [0.4, 0.5) is 35.1 Å². The molecule has 1 amide bonds. The van der Waals surface area contributed by atoms with Gasteiger partial charge >= 0.3 is 18.3 Å². The van der Waals surface area contributed by atoms with Crippen LogP contribution >= 0.6 is 0 Å². The van der Waals surface area contributed by atoms with Crippen LogP contribution in [0.5, 0.6) is 0 Å². The van der Waals surface area contributed by atoms with Crippen molar-refractivity contribution < 1.29 is 48.3 Å². The third-order valence-corrected chi connectivity index (χ3v) is 7.20. The molecule has 0 atom stereocenters. The molecule has 0 aliphatic carbocycles. The molecule has 1 N–H and O–H groups in total. The molecule has 10 nitrogen and oxygen atoms in total. The van der Waals surface area contributed by atoms with Crippen molar-refractivity contribution in [2.45, 2.75) is 30.2 Å². The number of fused-ring (bicyclic) bond motifs is 2. The highest BCUT2D eigenvalue weighted by Gasteiger charge is 2.57. The molecule has 4 rings (SSSR count). The van der Waals surface area contributed by atoms with E-state index in [1.165, 1.54) is 23.9 Å². The van der Waals surface area contributed by atoms with Gasteiger partial charge in [-0.2, -0.15) is 40.2 Å². The summed E-state index contributed by atoms with van der Waals surface area (Å²) in [6.07, 6.45) is -8.96. The van der Waals surface area contributed by atoms with Gasteiger partial charge in [0.25, 0.3) is 5.91 Å².